The summed E-state index contributed by atoms with van der Waals surface area (Å²) in [7, 11) is -1.51. The van der Waals surface area contributed by atoms with Crippen LogP contribution in [0.3, 0.4) is 0 Å². The van der Waals surface area contributed by atoms with Crippen molar-refractivity contribution in [1.82, 2.24) is 9.62 Å². The molecule has 1 fully saturated rings. The molecule has 1 N–H and O–H groups in total. The fourth-order valence-corrected chi connectivity index (χ4v) is 4.61. The number of hydrogen-bond acceptors (Lipinski definition) is 4. The van der Waals surface area contributed by atoms with E-state index in [-0.39, 0.29) is 11.8 Å². The third-order valence-electron chi connectivity index (χ3n) is 3.78. The quantitative estimate of drug-likeness (QED) is 0.894. The number of rotatable bonds is 5. The third kappa shape index (κ3) is 4.03. The van der Waals surface area contributed by atoms with Gasteiger partial charge >= 0.3 is 0 Å². The van der Waals surface area contributed by atoms with Crippen LogP contribution in [0.1, 0.15) is 30.4 Å². The van der Waals surface area contributed by atoms with Crippen LogP contribution in [0, 0.1) is 11.3 Å². The first-order valence-corrected chi connectivity index (χ1v) is 8.81. The number of nitrogens with zero attached hydrogens (tertiary/aromatic N) is 2. The summed E-state index contributed by atoms with van der Waals surface area (Å²) in [5.41, 5.74) is 1.16. The fraction of sp³-hybridized carbons (Fsp3) is 0.533. The van der Waals surface area contributed by atoms with Gasteiger partial charge in [-0.3, -0.25) is 0 Å². The van der Waals surface area contributed by atoms with Crippen molar-refractivity contribution in [1.29, 1.82) is 5.26 Å². The van der Waals surface area contributed by atoms with Crippen molar-refractivity contribution in [3.8, 4) is 6.07 Å². The lowest BCUT2D eigenvalue weighted by atomic mass is 10.1. The number of likely N-dealkylation sites (N-methyl/N-ethyl adjacent to an activating group) is 1. The van der Waals surface area contributed by atoms with E-state index in [0.717, 1.165) is 19.3 Å². The van der Waals surface area contributed by atoms with Crippen molar-refractivity contribution in [3.63, 3.8) is 0 Å². The van der Waals surface area contributed by atoms with Crippen molar-refractivity contribution in [2.75, 3.05) is 20.1 Å². The molecule has 1 unspecified atom stereocenters. The first kappa shape index (κ1) is 16.0. The SMILES string of the molecule is CNCC1CCCCN1S(=O)(=O)Cc1cccc(C#N)c1. The molecule has 1 aromatic carbocycles. The number of sulfonamides is 1. The zero-order chi connectivity index (χ0) is 15.3. The molecule has 114 valence electrons. The summed E-state index contributed by atoms with van der Waals surface area (Å²) in [6.45, 7) is 1.27. The second kappa shape index (κ2) is 7.03. The first-order chi connectivity index (χ1) is 10.1. The van der Waals surface area contributed by atoms with E-state index in [4.69, 9.17) is 5.26 Å². The molecular formula is C15H21N3O2S. The summed E-state index contributed by atoms with van der Waals surface area (Å²) in [5.74, 6) is -0.0390. The summed E-state index contributed by atoms with van der Waals surface area (Å²) < 4.78 is 26.9. The lowest BCUT2D eigenvalue weighted by Crippen LogP contribution is -2.48. The van der Waals surface area contributed by atoms with Gasteiger partial charge in [-0.25, -0.2) is 8.42 Å². The van der Waals surface area contributed by atoms with E-state index in [0.29, 0.717) is 24.2 Å². The molecule has 2 rings (SSSR count). The van der Waals surface area contributed by atoms with Gasteiger partial charge in [0.2, 0.25) is 10.0 Å². The Morgan fingerprint density at radius 2 is 2.24 bits per heavy atom. The highest BCUT2D eigenvalue weighted by atomic mass is 32.2. The molecule has 5 nitrogen and oxygen atoms in total. The largest absolute Gasteiger partial charge is 0.318 e. The predicted molar refractivity (Wildman–Crippen MR) is 82.1 cm³/mol. The van der Waals surface area contributed by atoms with Gasteiger partial charge in [0.15, 0.2) is 0 Å². The highest BCUT2D eigenvalue weighted by Gasteiger charge is 2.31. The topological polar surface area (TPSA) is 73.2 Å². The number of nitriles is 1. The lowest BCUT2D eigenvalue weighted by molar-refractivity contribution is 0.248. The fourth-order valence-electron chi connectivity index (χ4n) is 2.80. The van der Waals surface area contributed by atoms with E-state index in [2.05, 4.69) is 5.32 Å². The Kier molecular flexibility index (Phi) is 5.34. The van der Waals surface area contributed by atoms with Crippen LogP contribution in [-0.2, 0) is 15.8 Å². The van der Waals surface area contributed by atoms with Crippen LogP contribution in [0.15, 0.2) is 24.3 Å². The molecule has 0 aliphatic carbocycles. The molecule has 0 bridgehead atoms. The van der Waals surface area contributed by atoms with E-state index in [1.165, 1.54) is 0 Å². The van der Waals surface area contributed by atoms with Crippen molar-refractivity contribution in [3.05, 3.63) is 35.4 Å². The molecule has 1 aliphatic rings. The second-order valence-corrected chi connectivity index (χ2v) is 7.31. The first-order valence-electron chi connectivity index (χ1n) is 7.20. The predicted octanol–water partition coefficient (Wildman–Crippen LogP) is 1.46. The summed E-state index contributed by atoms with van der Waals surface area (Å²) in [5, 5.41) is 12.0. The maximum absolute atomic E-state index is 12.7. The average Bonchev–Trinajstić information content (AvgIpc) is 2.48. The van der Waals surface area contributed by atoms with Gasteiger partial charge in [-0.15, -0.1) is 0 Å². The maximum Gasteiger partial charge on any atom is 0.218 e. The van der Waals surface area contributed by atoms with Gasteiger partial charge in [0, 0.05) is 19.1 Å². The van der Waals surface area contributed by atoms with Gasteiger partial charge in [0.25, 0.3) is 0 Å². The van der Waals surface area contributed by atoms with Crippen LogP contribution in [0.4, 0.5) is 0 Å². The molecule has 21 heavy (non-hydrogen) atoms. The van der Waals surface area contributed by atoms with E-state index >= 15 is 0 Å². The van der Waals surface area contributed by atoms with Gasteiger partial charge in [0.05, 0.1) is 17.4 Å². The lowest BCUT2D eigenvalue weighted by Gasteiger charge is -2.34. The van der Waals surface area contributed by atoms with E-state index < -0.39 is 10.0 Å². The monoisotopic (exact) mass is 307 g/mol. The normalized spacial score (nSPS) is 20.1. The number of hydrogen-bond donors (Lipinski definition) is 1. The highest BCUT2D eigenvalue weighted by molar-refractivity contribution is 7.88. The standard InChI is InChI=1S/C15H21N3O2S/c1-17-11-15-7-2-3-8-18(15)21(19,20)12-14-6-4-5-13(9-14)10-16/h4-6,9,15,17H,2-3,7-8,11-12H2,1H3. The van der Waals surface area contributed by atoms with Crippen molar-refractivity contribution in [2.45, 2.75) is 31.1 Å². The van der Waals surface area contributed by atoms with E-state index in [1.54, 1.807) is 28.6 Å². The number of benzene rings is 1. The summed E-state index contributed by atoms with van der Waals surface area (Å²) in [6.07, 6.45) is 2.89. The van der Waals surface area contributed by atoms with Gasteiger partial charge in [-0.1, -0.05) is 18.6 Å². The average molecular weight is 307 g/mol. The van der Waals surface area contributed by atoms with Crippen LogP contribution in [0.5, 0.6) is 0 Å². The van der Waals surface area contributed by atoms with Crippen LogP contribution in [0.25, 0.3) is 0 Å². The molecule has 0 amide bonds. The highest BCUT2D eigenvalue weighted by Crippen LogP contribution is 2.22. The van der Waals surface area contributed by atoms with Gasteiger partial charge in [-0.05, 0) is 37.6 Å². The molecule has 0 aromatic heterocycles. The summed E-state index contributed by atoms with van der Waals surface area (Å²) in [4.78, 5) is 0. The van der Waals surface area contributed by atoms with Crippen LogP contribution in [-0.4, -0.2) is 38.9 Å². The van der Waals surface area contributed by atoms with Gasteiger partial charge < -0.3 is 5.32 Å². The zero-order valence-corrected chi connectivity index (χ0v) is 13.1. The Labute approximate surface area is 126 Å². The smallest absolute Gasteiger partial charge is 0.218 e. The number of nitrogens with one attached hydrogen (secondary N) is 1. The Bertz CT molecular complexity index is 620. The minimum Gasteiger partial charge on any atom is -0.318 e. The molecule has 1 saturated heterocycles. The Balaban J connectivity index is 2.18. The van der Waals surface area contributed by atoms with E-state index in [9.17, 15) is 8.42 Å². The molecule has 0 spiro atoms. The minimum absolute atomic E-state index is 0.0351. The molecule has 1 aromatic rings. The molecular weight excluding hydrogens is 286 g/mol. The zero-order valence-electron chi connectivity index (χ0n) is 12.2. The van der Waals surface area contributed by atoms with E-state index in [1.807, 2.05) is 13.1 Å². The Hall–Kier alpha value is -1.42. The minimum atomic E-state index is -3.35. The Morgan fingerprint density at radius 1 is 1.43 bits per heavy atom. The van der Waals surface area contributed by atoms with Crippen LogP contribution >= 0.6 is 0 Å². The summed E-state index contributed by atoms with van der Waals surface area (Å²) in [6, 6.07) is 8.89. The molecule has 1 heterocycles. The van der Waals surface area contributed by atoms with Crippen molar-refractivity contribution < 1.29 is 8.42 Å². The third-order valence-corrected chi connectivity index (χ3v) is 5.67. The molecule has 0 saturated carbocycles. The van der Waals surface area contributed by atoms with Gasteiger partial charge in [0.1, 0.15) is 0 Å². The van der Waals surface area contributed by atoms with Crippen molar-refractivity contribution >= 4 is 10.0 Å². The maximum atomic E-state index is 12.7. The van der Waals surface area contributed by atoms with Crippen LogP contribution < -0.4 is 5.32 Å². The molecule has 1 aliphatic heterocycles. The molecule has 1 atom stereocenters. The Morgan fingerprint density at radius 3 is 2.95 bits per heavy atom. The van der Waals surface area contributed by atoms with Crippen LogP contribution in [0.2, 0.25) is 0 Å². The number of piperidine rings is 1. The second-order valence-electron chi connectivity index (χ2n) is 5.39. The summed E-state index contributed by atoms with van der Waals surface area (Å²) >= 11 is 0. The van der Waals surface area contributed by atoms with Gasteiger partial charge in [-0.2, -0.15) is 9.57 Å². The molecule has 6 heteroatoms. The van der Waals surface area contributed by atoms with Crippen molar-refractivity contribution in [2.24, 2.45) is 0 Å². The molecule has 0 radical (unpaired) electrons.